The number of nitro groups is 1. The van der Waals surface area contributed by atoms with Crippen molar-refractivity contribution in [2.24, 2.45) is 5.92 Å². The van der Waals surface area contributed by atoms with Gasteiger partial charge in [0.1, 0.15) is 0 Å². The lowest BCUT2D eigenvalue weighted by molar-refractivity contribution is -0.385. The second kappa shape index (κ2) is 8.97. The average molecular weight is 373 g/mol. The minimum atomic E-state index is -0.450. The molecule has 0 aromatic heterocycles. The van der Waals surface area contributed by atoms with E-state index < -0.39 is 4.92 Å². The smallest absolute Gasteiger partial charge is 0.273 e. The number of hydrogen-bond donors (Lipinski definition) is 0. The molecule has 0 unspecified atom stereocenters. The van der Waals surface area contributed by atoms with Gasteiger partial charge < -0.3 is 9.80 Å². The van der Waals surface area contributed by atoms with E-state index in [1.165, 1.54) is 18.9 Å². The molecule has 0 N–H and O–H groups in total. The molecule has 2 fully saturated rings. The van der Waals surface area contributed by atoms with Crippen LogP contribution in [0, 0.1) is 16.0 Å². The maximum absolute atomic E-state index is 12.7. The highest BCUT2D eigenvalue weighted by atomic mass is 16.6. The highest BCUT2D eigenvalue weighted by Crippen LogP contribution is 2.24. The molecule has 0 bridgehead atoms. The zero-order valence-electron chi connectivity index (χ0n) is 15.6. The van der Waals surface area contributed by atoms with Gasteiger partial charge in [-0.25, -0.2) is 0 Å². The molecule has 27 heavy (non-hydrogen) atoms. The fourth-order valence-corrected chi connectivity index (χ4v) is 4.04. The van der Waals surface area contributed by atoms with Crippen LogP contribution in [-0.4, -0.2) is 52.7 Å². The zero-order chi connectivity index (χ0) is 19.2. The molecular formula is C20H27N3O4. The Bertz CT molecular complexity index is 690. The van der Waals surface area contributed by atoms with Crippen LogP contribution in [0.5, 0.6) is 0 Å². The molecule has 0 atom stereocenters. The molecule has 2 amide bonds. The summed E-state index contributed by atoms with van der Waals surface area (Å²) in [6, 6.07) is 6.37. The molecule has 2 saturated heterocycles. The maximum Gasteiger partial charge on any atom is 0.273 e. The van der Waals surface area contributed by atoms with Crippen molar-refractivity contribution in [3.8, 4) is 0 Å². The van der Waals surface area contributed by atoms with Crippen LogP contribution >= 0.6 is 0 Å². The number of carbonyl (C=O) groups is 2. The van der Waals surface area contributed by atoms with E-state index in [-0.39, 0.29) is 29.8 Å². The van der Waals surface area contributed by atoms with Crippen LogP contribution in [0.2, 0.25) is 0 Å². The first-order valence-corrected chi connectivity index (χ1v) is 9.85. The highest BCUT2D eigenvalue weighted by molar-refractivity contribution is 5.81. The molecular weight excluding hydrogens is 346 g/mol. The third-order valence-corrected chi connectivity index (χ3v) is 5.64. The Morgan fingerprint density at radius 2 is 1.59 bits per heavy atom. The molecule has 0 saturated carbocycles. The molecule has 7 heteroatoms. The van der Waals surface area contributed by atoms with Gasteiger partial charge in [-0.3, -0.25) is 19.7 Å². The number of likely N-dealkylation sites (tertiary alicyclic amines) is 2. The second-order valence-electron chi connectivity index (χ2n) is 7.46. The van der Waals surface area contributed by atoms with Gasteiger partial charge in [0.2, 0.25) is 11.8 Å². The number of nitrogens with zero attached hydrogens (tertiary/aromatic N) is 3. The Balaban J connectivity index is 1.53. The largest absolute Gasteiger partial charge is 0.342 e. The summed E-state index contributed by atoms with van der Waals surface area (Å²) in [5.74, 6) is 0.130. The summed E-state index contributed by atoms with van der Waals surface area (Å²) in [7, 11) is 0. The van der Waals surface area contributed by atoms with E-state index >= 15 is 0 Å². The van der Waals surface area contributed by atoms with Crippen molar-refractivity contribution >= 4 is 17.5 Å². The van der Waals surface area contributed by atoms with Crippen molar-refractivity contribution in [1.29, 1.82) is 0 Å². The van der Waals surface area contributed by atoms with Gasteiger partial charge in [-0.15, -0.1) is 0 Å². The first-order valence-electron chi connectivity index (χ1n) is 9.85. The fourth-order valence-electron chi connectivity index (χ4n) is 4.04. The van der Waals surface area contributed by atoms with Crippen LogP contribution in [0.3, 0.4) is 0 Å². The van der Waals surface area contributed by atoms with E-state index in [0.717, 1.165) is 25.9 Å². The van der Waals surface area contributed by atoms with E-state index in [2.05, 4.69) is 0 Å². The molecule has 2 aliphatic heterocycles. The molecule has 0 radical (unpaired) electrons. The summed E-state index contributed by atoms with van der Waals surface area (Å²) >= 11 is 0. The van der Waals surface area contributed by atoms with E-state index in [1.54, 1.807) is 23.1 Å². The van der Waals surface area contributed by atoms with Gasteiger partial charge in [0.05, 0.1) is 11.3 Å². The zero-order valence-corrected chi connectivity index (χ0v) is 15.6. The first kappa shape index (κ1) is 19.3. The third-order valence-electron chi connectivity index (χ3n) is 5.64. The Kier molecular flexibility index (Phi) is 6.42. The maximum atomic E-state index is 12.7. The van der Waals surface area contributed by atoms with Crippen LogP contribution in [-0.2, 0) is 16.0 Å². The number of rotatable bonds is 4. The molecule has 2 aliphatic rings. The molecule has 146 valence electrons. The summed E-state index contributed by atoms with van der Waals surface area (Å²) in [5.41, 5.74) is 0.423. The Hall–Kier alpha value is -2.44. The quantitative estimate of drug-likeness (QED) is 0.600. The summed E-state index contributed by atoms with van der Waals surface area (Å²) in [6.45, 7) is 2.80. The molecule has 2 heterocycles. The van der Waals surface area contributed by atoms with E-state index in [1.807, 2.05) is 4.90 Å². The molecule has 0 aliphatic carbocycles. The van der Waals surface area contributed by atoms with E-state index in [9.17, 15) is 19.7 Å². The molecule has 3 rings (SSSR count). The Morgan fingerprint density at radius 3 is 2.22 bits per heavy atom. The van der Waals surface area contributed by atoms with Crippen LogP contribution in [0.4, 0.5) is 5.69 Å². The standard InChI is InChI=1S/C20H27N3O4/c24-19(15-17-7-3-4-8-18(17)23(26)27)21-13-9-16(10-14-21)20(25)22-11-5-1-2-6-12-22/h3-4,7-8,16H,1-2,5-6,9-15H2. The first-order chi connectivity index (χ1) is 13.1. The SMILES string of the molecule is O=C(Cc1ccccc1[N+](=O)[O-])N1CCC(C(=O)N2CCCCCC2)CC1. The Morgan fingerprint density at radius 1 is 0.963 bits per heavy atom. The Labute approximate surface area is 159 Å². The minimum Gasteiger partial charge on any atom is -0.342 e. The van der Waals surface area contributed by atoms with Gasteiger partial charge in [0, 0.05) is 43.7 Å². The number of piperidine rings is 1. The number of para-hydroxylation sites is 1. The number of benzene rings is 1. The topological polar surface area (TPSA) is 83.8 Å². The van der Waals surface area contributed by atoms with Crippen molar-refractivity contribution in [3.05, 3.63) is 39.9 Å². The number of hydrogen-bond acceptors (Lipinski definition) is 4. The van der Waals surface area contributed by atoms with Gasteiger partial charge in [-0.2, -0.15) is 0 Å². The van der Waals surface area contributed by atoms with Gasteiger partial charge >= 0.3 is 0 Å². The van der Waals surface area contributed by atoms with Crippen LogP contribution in [0.15, 0.2) is 24.3 Å². The van der Waals surface area contributed by atoms with Crippen molar-refractivity contribution in [1.82, 2.24) is 9.80 Å². The van der Waals surface area contributed by atoms with E-state index in [4.69, 9.17) is 0 Å². The van der Waals surface area contributed by atoms with Crippen molar-refractivity contribution in [2.75, 3.05) is 26.2 Å². The number of carbonyl (C=O) groups excluding carboxylic acids is 2. The summed E-state index contributed by atoms with van der Waals surface area (Å²) in [6.07, 6.45) is 5.94. The predicted molar refractivity (Wildman–Crippen MR) is 101 cm³/mol. The van der Waals surface area contributed by atoms with Crippen molar-refractivity contribution in [3.63, 3.8) is 0 Å². The van der Waals surface area contributed by atoms with Crippen LogP contribution in [0.1, 0.15) is 44.1 Å². The van der Waals surface area contributed by atoms with Crippen LogP contribution < -0.4 is 0 Å². The highest BCUT2D eigenvalue weighted by Gasteiger charge is 2.31. The van der Waals surface area contributed by atoms with Crippen molar-refractivity contribution < 1.29 is 14.5 Å². The van der Waals surface area contributed by atoms with Crippen LogP contribution in [0.25, 0.3) is 0 Å². The van der Waals surface area contributed by atoms with Gasteiger partial charge in [-0.05, 0) is 25.7 Å². The summed E-state index contributed by atoms with van der Waals surface area (Å²) in [4.78, 5) is 39.7. The summed E-state index contributed by atoms with van der Waals surface area (Å²) in [5, 5.41) is 11.1. The number of nitro benzene ring substituents is 1. The lowest BCUT2D eigenvalue weighted by Gasteiger charge is -2.34. The molecule has 0 spiro atoms. The van der Waals surface area contributed by atoms with Gasteiger partial charge in [-0.1, -0.05) is 31.0 Å². The lowest BCUT2D eigenvalue weighted by atomic mass is 9.94. The normalized spacial score (nSPS) is 18.8. The average Bonchev–Trinajstić information content (AvgIpc) is 2.97. The van der Waals surface area contributed by atoms with E-state index in [0.29, 0.717) is 31.5 Å². The van der Waals surface area contributed by atoms with Gasteiger partial charge in [0.25, 0.3) is 5.69 Å². The third kappa shape index (κ3) is 4.84. The predicted octanol–water partition coefficient (Wildman–Crippen LogP) is 2.78. The fraction of sp³-hybridized carbons (Fsp3) is 0.600. The van der Waals surface area contributed by atoms with Crippen molar-refractivity contribution in [2.45, 2.75) is 44.9 Å². The second-order valence-corrected chi connectivity index (χ2v) is 7.46. The summed E-state index contributed by atoms with van der Waals surface area (Å²) < 4.78 is 0. The monoisotopic (exact) mass is 373 g/mol. The number of amides is 2. The lowest BCUT2D eigenvalue weighted by Crippen LogP contribution is -2.45. The molecule has 1 aromatic rings. The molecule has 1 aromatic carbocycles. The molecule has 7 nitrogen and oxygen atoms in total. The minimum absolute atomic E-state index is 0.00166. The van der Waals surface area contributed by atoms with Gasteiger partial charge in [0.15, 0.2) is 0 Å².